The summed E-state index contributed by atoms with van der Waals surface area (Å²) in [6.45, 7) is 8.81. The molecule has 1 aliphatic heterocycles. The highest BCUT2D eigenvalue weighted by Gasteiger charge is 2.17. The lowest BCUT2D eigenvalue weighted by molar-refractivity contribution is 0.171. The number of rotatable bonds is 1. The molecule has 0 radical (unpaired) electrons. The van der Waals surface area contributed by atoms with E-state index in [4.69, 9.17) is 9.47 Å². The molecule has 0 atom stereocenters. The maximum absolute atomic E-state index is 11.9. The highest BCUT2D eigenvalue weighted by atomic mass is 16.6. The molecule has 2 N–H and O–H groups in total. The molecule has 0 fully saturated rings. The number of carbonyl (C=O) groups excluding carboxylic acids is 1. The van der Waals surface area contributed by atoms with Crippen LogP contribution in [0.2, 0.25) is 0 Å². The lowest BCUT2D eigenvalue weighted by atomic mass is 10.1. The topological polar surface area (TPSA) is 59.6 Å². The average molecular weight is 264 g/mol. The van der Waals surface area contributed by atoms with Crippen LogP contribution in [0.3, 0.4) is 0 Å². The maximum Gasteiger partial charge on any atom is 0.319 e. The SMILES string of the molecule is Cc1cc2c(cc1NC(=O)NC(C)(C)C)OCCO2. The Labute approximate surface area is 113 Å². The van der Waals surface area contributed by atoms with Gasteiger partial charge in [0.2, 0.25) is 0 Å². The van der Waals surface area contributed by atoms with E-state index in [0.717, 1.165) is 17.0 Å². The zero-order chi connectivity index (χ0) is 14.0. The van der Waals surface area contributed by atoms with Crippen LogP contribution >= 0.6 is 0 Å². The van der Waals surface area contributed by atoms with E-state index in [1.807, 2.05) is 33.8 Å². The van der Waals surface area contributed by atoms with Crippen molar-refractivity contribution in [3.8, 4) is 11.5 Å². The number of benzene rings is 1. The van der Waals surface area contributed by atoms with Crippen molar-refractivity contribution in [3.05, 3.63) is 17.7 Å². The highest BCUT2D eigenvalue weighted by molar-refractivity contribution is 5.91. The van der Waals surface area contributed by atoms with E-state index in [2.05, 4.69) is 10.6 Å². The molecule has 0 aliphatic carbocycles. The van der Waals surface area contributed by atoms with Gasteiger partial charge in [0.1, 0.15) is 13.2 Å². The van der Waals surface area contributed by atoms with Gasteiger partial charge in [0.05, 0.1) is 0 Å². The second kappa shape index (κ2) is 4.99. The van der Waals surface area contributed by atoms with Gasteiger partial charge in [0.25, 0.3) is 0 Å². The zero-order valence-electron chi connectivity index (χ0n) is 11.8. The number of hydrogen-bond donors (Lipinski definition) is 2. The van der Waals surface area contributed by atoms with E-state index in [1.165, 1.54) is 0 Å². The molecule has 19 heavy (non-hydrogen) atoms. The van der Waals surface area contributed by atoms with Crippen LogP contribution in [-0.2, 0) is 0 Å². The minimum atomic E-state index is -0.272. The quantitative estimate of drug-likeness (QED) is 0.820. The van der Waals surface area contributed by atoms with Crippen molar-refractivity contribution in [1.82, 2.24) is 5.32 Å². The first-order valence-corrected chi connectivity index (χ1v) is 6.34. The standard InChI is InChI=1S/C14H20N2O3/c1-9-7-11-12(19-6-5-18-11)8-10(9)15-13(17)16-14(2,3)4/h7-8H,5-6H2,1-4H3,(H2,15,16,17). The lowest BCUT2D eigenvalue weighted by Gasteiger charge is -2.23. The molecule has 0 spiro atoms. The number of aryl methyl sites for hydroxylation is 1. The Bertz CT molecular complexity index is 492. The van der Waals surface area contributed by atoms with Gasteiger partial charge in [-0.25, -0.2) is 4.79 Å². The van der Waals surface area contributed by atoms with Crippen LogP contribution in [0.1, 0.15) is 26.3 Å². The van der Waals surface area contributed by atoms with Crippen LogP contribution in [0, 0.1) is 6.92 Å². The second-order valence-corrected chi connectivity index (χ2v) is 5.64. The molecule has 5 heteroatoms. The summed E-state index contributed by atoms with van der Waals surface area (Å²) in [6.07, 6.45) is 0. The monoisotopic (exact) mass is 264 g/mol. The van der Waals surface area contributed by atoms with Crippen molar-refractivity contribution in [3.63, 3.8) is 0 Å². The summed E-state index contributed by atoms with van der Waals surface area (Å²) in [4.78, 5) is 11.9. The molecule has 0 unspecified atom stereocenters. The second-order valence-electron chi connectivity index (χ2n) is 5.64. The molecule has 1 aliphatic rings. The summed E-state index contributed by atoms with van der Waals surface area (Å²) in [5.74, 6) is 1.40. The minimum absolute atomic E-state index is 0.229. The number of fused-ring (bicyclic) bond motifs is 1. The molecule has 0 aromatic heterocycles. The van der Waals surface area contributed by atoms with Gasteiger partial charge in [-0.3, -0.25) is 0 Å². The van der Waals surface area contributed by atoms with Crippen molar-refractivity contribution in [1.29, 1.82) is 0 Å². The number of ether oxygens (including phenoxy) is 2. The molecule has 0 bridgehead atoms. The van der Waals surface area contributed by atoms with Crippen LogP contribution in [0.4, 0.5) is 10.5 Å². The molecule has 1 heterocycles. The largest absolute Gasteiger partial charge is 0.486 e. The summed E-state index contributed by atoms with van der Waals surface area (Å²) < 4.78 is 11.0. The molecule has 2 rings (SSSR count). The molecule has 0 saturated heterocycles. The number of hydrogen-bond acceptors (Lipinski definition) is 3. The molecule has 5 nitrogen and oxygen atoms in total. The van der Waals surface area contributed by atoms with Crippen molar-refractivity contribution < 1.29 is 14.3 Å². The Balaban J connectivity index is 2.14. The van der Waals surface area contributed by atoms with Crippen LogP contribution in [0.15, 0.2) is 12.1 Å². The first-order chi connectivity index (χ1) is 8.85. The van der Waals surface area contributed by atoms with Gasteiger partial charge in [-0.15, -0.1) is 0 Å². The summed E-state index contributed by atoms with van der Waals surface area (Å²) in [7, 11) is 0. The van der Waals surface area contributed by atoms with Gasteiger partial charge in [0, 0.05) is 17.3 Å². The fourth-order valence-corrected chi connectivity index (χ4v) is 1.82. The fraction of sp³-hybridized carbons (Fsp3) is 0.500. The number of urea groups is 1. The fourth-order valence-electron chi connectivity index (χ4n) is 1.82. The summed E-state index contributed by atoms with van der Waals surface area (Å²) in [5, 5.41) is 5.68. The average Bonchev–Trinajstić information content (AvgIpc) is 2.27. The van der Waals surface area contributed by atoms with E-state index in [-0.39, 0.29) is 11.6 Å². The number of amides is 2. The van der Waals surface area contributed by atoms with E-state index >= 15 is 0 Å². The first-order valence-electron chi connectivity index (χ1n) is 6.34. The normalized spacial score (nSPS) is 13.9. The van der Waals surface area contributed by atoms with E-state index in [1.54, 1.807) is 6.07 Å². The van der Waals surface area contributed by atoms with Crippen molar-refractivity contribution in [2.24, 2.45) is 0 Å². The predicted octanol–water partition coefficient (Wildman–Crippen LogP) is 2.69. The van der Waals surface area contributed by atoms with Gasteiger partial charge in [-0.2, -0.15) is 0 Å². The first kappa shape index (κ1) is 13.5. The number of nitrogens with one attached hydrogen (secondary N) is 2. The van der Waals surface area contributed by atoms with Crippen LogP contribution in [0.5, 0.6) is 11.5 Å². The Morgan fingerprint density at radius 3 is 2.32 bits per heavy atom. The van der Waals surface area contributed by atoms with Crippen molar-refractivity contribution in [2.45, 2.75) is 33.2 Å². The molecule has 0 saturated carbocycles. The van der Waals surface area contributed by atoms with Crippen molar-refractivity contribution in [2.75, 3.05) is 18.5 Å². The minimum Gasteiger partial charge on any atom is -0.486 e. The van der Waals surface area contributed by atoms with Gasteiger partial charge in [-0.1, -0.05) is 0 Å². The smallest absolute Gasteiger partial charge is 0.319 e. The number of anilines is 1. The lowest BCUT2D eigenvalue weighted by Crippen LogP contribution is -2.43. The van der Waals surface area contributed by atoms with Crippen LogP contribution in [-0.4, -0.2) is 24.8 Å². The predicted molar refractivity (Wildman–Crippen MR) is 74.1 cm³/mol. The van der Waals surface area contributed by atoms with Gasteiger partial charge in [-0.05, 0) is 39.3 Å². The van der Waals surface area contributed by atoms with Crippen LogP contribution in [0.25, 0.3) is 0 Å². The maximum atomic E-state index is 11.9. The number of carbonyl (C=O) groups is 1. The van der Waals surface area contributed by atoms with Crippen LogP contribution < -0.4 is 20.1 Å². The Morgan fingerprint density at radius 1 is 1.16 bits per heavy atom. The third kappa shape index (κ3) is 3.53. The molecular weight excluding hydrogens is 244 g/mol. The van der Waals surface area contributed by atoms with E-state index < -0.39 is 0 Å². The van der Waals surface area contributed by atoms with Gasteiger partial charge >= 0.3 is 6.03 Å². The highest BCUT2D eigenvalue weighted by Crippen LogP contribution is 2.35. The zero-order valence-corrected chi connectivity index (χ0v) is 11.8. The Hall–Kier alpha value is -1.91. The van der Waals surface area contributed by atoms with Crippen molar-refractivity contribution >= 4 is 11.7 Å². The third-order valence-electron chi connectivity index (χ3n) is 2.63. The molecule has 104 valence electrons. The molecule has 1 aromatic carbocycles. The summed E-state index contributed by atoms with van der Waals surface area (Å²) in [6, 6.07) is 3.44. The summed E-state index contributed by atoms with van der Waals surface area (Å²) >= 11 is 0. The Morgan fingerprint density at radius 2 is 1.74 bits per heavy atom. The van der Waals surface area contributed by atoms with E-state index in [9.17, 15) is 4.79 Å². The van der Waals surface area contributed by atoms with Gasteiger partial charge in [0.15, 0.2) is 11.5 Å². The molecule has 1 aromatic rings. The summed E-state index contributed by atoms with van der Waals surface area (Å²) in [5.41, 5.74) is 1.39. The van der Waals surface area contributed by atoms with Gasteiger partial charge < -0.3 is 20.1 Å². The molecule has 2 amide bonds. The van der Waals surface area contributed by atoms with E-state index in [0.29, 0.717) is 19.0 Å². The third-order valence-corrected chi connectivity index (χ3v) is 2.63. The Kier molecular flexibility index (Phi) is 3.55. The molecular formula is C14H20N2O3.